The van der Waals surface area contributed by atoms with Gasteiger partial charge < -0.3 is 15.1 Å². The second-order valence-electron chi connectivity index (χ2n) is 7.15. The van der Waals surface area contributed by atoms with Crippen LogP contribution in [0.3, 0.4) is 0 Å². The van der Waals surface area contributed by atoms with Gasteiger partial charge in [0, 0.05) is 24.2 Å². The van der Waals surface area contributed by atoms with E-state index >= 15 is 0 Å². The van der Waals surface area contributed by atoms with Crippen molar-refractivity contribution in [2.24, 2.45) is 0 Å². The minimum absolute atomic E-state index is 0.0531. The van der Waals surface area contributed by atoms with E-state index in [0.29, 0.717) is 6.54 Å². The molecule has 3 heterocycles. The molecule has 3 aliphatic rings. The summed E-state index contributed by atoms with van der Waals surface area (Å²) < 4.78 is 27.5. The van der Waals surface area contributed by atoms with Crippen molar-refractivity contribution >= 4 is 17.6 Å². The summed E-state index contributed by atoms with van der Waals surface area (Å²) in [6.45, 7) is 0.261. The van der Waals surface area contributed by atoms with E-state index in [1.165, 1.54) is 16.5 Å². The number of aromatic nitrogens is 1. The largest absolute Gasteiger partial charge is 0.332 e. The molecule has 2 aromatic rings. The second kappa shape index (κ2) is 5.73. The van der Waals surface area contributed by atoms with Crippen LogP contribution in [0.25, 0.3) is 0 Å². The van der Waals surface area contributed by atoms with Gasteiger partial charge in [0.05, 0.1) is 24.0 Å². The number of pyridine rings is 1. The van der Waals surface area contributed by atoms with E-state index in [1.54, 1.807) is 11.1 Å². The van der Waals surface area contributed by atoms with Crippen LogP contribution in [0, 0.1) is 11.6 Å². The van der Waals surface area contributed by atoms with Gasteiger partial charge in [-0.2, -0.15) is 0 Å². The molecule has 138 valence electrons. The molecular formula is C19H16F2N4O2. The summed E-state index contributed by atoms with van der Waals surface area (Å²) in [6.07, 6.45) is 2.56. The van der Waals surface area contributed by atoms with Gasteiger partial charge in [0.25, 0.3) is 0 Å². The molecule has 2 bridgehead atoms. The maximum atomic E-state index is 14.1. The average Bonchev–Trinajstić information content (AvgIpc) is 3.26. The predicted octanol–water partition coefficient (Wildman–Crippen LogP) is 2.78. The number of nitrogens with one attached hydrogen (secondary N) is 1. The van der Waals surface area contributed by atoms with Crippen LogP contribution in [0.5, 0.6) is 0 Å². The van der Waals surface area contributed by atoms with Gasteiger partial charge in [0.1, 0.15) is 6.54 Å². The highest BCUT2D eigenvalue weighted by molar-refractivity contribution is 5.95. The fourth-order valence-electron chi connectivity index (χ4n) is 4.35. The SMILES string of the molecule is O=C1Nc2ccc(F)c(F)c2CN1CC(=O)N1C[C@H]2C[C@@H]1c1ncccc12. The summed E-state index contributed by atoms with van der Waals surface area (Å²) in [5.41, 5.74) is 2.40. The second-order valence-corrected chi connectivity index (χ2v) is 7.15. The van der Waals surface area contributed by atoms with Crippen LogP contribution in [0.4, 0.5) is 19.3 Å². The van der Waals surface area contributed by atoms with E-state index in [1.807, 2.05) is 12.1 Å². The zero-order chi connectivity index (χ0) is 18.7. The average molecular weight is 370 g/mol. The van der Waals surface area contributed by atoms with E-state index < -0.39 is 17.7 Å². The third kappa shape index (κ3) is 2.39. The highest BCUT2D eigenvalue weighted by Crippen LogP contribution is 2.49. The Kier molecular flexibility index (Phi) is 3.43. The first kappa shape index (κ1) is 16.2. The third-order valence-corrected chi connectivity index (χ3v) is 5.65. The normalized spacial score (nSPS) is 22.5. The molecule has 0 spiro atoms. The number of likely N-dealkylation sites (tertiary alicyclic amines) is 1. The van der Waals surface area contributed by atoms with Crippen LogP contribution in [-0.4, -0.2) is 39.8 Å². The van der Waals surface area contributed by atoms with E-state index in [0.717, 1.165) is 18.2 Å². The Bertz CT molecular complexity index is 980. The maximum absolute atomic E-state index is 14.1. The molecule has 0 radical (unpaired) electrons. The molecule has 2 aliphatic heterocycles. The van der Waals surface area contributed by atoms with Crippen molar-refractivity contribution in [2.75, 3.05) is 18.4 Å². The number of benzene rings is 1. The van der Waals surface area contributed by atoms with Gasteiger partial charge in [-0.25, -0.2) is 13.6 Å². The first-order valence-corrected chi connectivity index (χ1v) is 8.80. The third-order valence-electron chi connectivity index (χ3n) is 5.65. The van der Waals surface area contributed by atoms with Crippen LogP contribution in [0.2, 0.25) is 0 Å². The minimum Gasteiger partial charge on any atom is -0.332 e. The number of hydrogen-bond donors (Lipinski definition) is 1. The molecule has 0 saturated carbocycles. The van der Waals surface area contributed by atoms with E-state index in [2.05, 4.69) is 10.3 Å². The number of hydrogen-bond acceptors (Lipinski definition) is 3. The molecule has 0 unspecified atom stereocenters. The van der Waals surface area contributed by atoms with Gasteiger partial charge >= 0.3 is 6.03 Å². The van der Waals surface area contributed by atoms with Gasteiger partial charge in [0.2, 0.25) is 5.91 Å². The fraction of sp³-hybridized carbons (Fsp3) is 0.316. The van der Waals surface area contributed by atoms with Crippen LogP contribution >= 0.6 is 0 Å². The first-order chi connectivity index (χ1) is 13.0. The molecule has 1 aromatic carbocycles. The Labute approximate surface area is 153 Å². The maximum Gasteiger partial charge on any atom is 0.322 e. The van der Waals surface area contributed by atoms with E-state index in [4.69, 9.17) is 0 Å². The quantitative estimate of drug-likeness (QED) is 0.884. The molecule has 8 heteroatoms. The summed E-state index contributed by atoms with van der Waals surface area (Å²) in [7, 11) is 0. The Morgan fingerprint density at radius 2 is 2.15 bits per heavy atom. The molecular weight excluding hydrogens is 354 g/mol. The summed E-state index contributed by atoms with van der Waals surface area (Å²) in [6, 6.07) is 5.67. The molecule has 1 aliphatic carbocycles. The number of halogens is 2. The van der Waals surface area contributed by atoms with E-state index in [-0.39, 0.29) is 42.2 Å². The van der Waals surface area contributed by atoms with Crippen molar-refractivity contribution < 1.29 is 18.4 Å². The number of fused-ring (bicyclic) bond motifs is 6. The summed E-state index contributed by atoms with van der Waals surface area (Å²) in [4.78, 5) is 32.5. The van der Waals surface area contributed by atoms with Crippen molar-refractivity contribution in [1.29, 1.82) is 0 Å². The molecule has 3 amide bonds. The molecule has 5 rings (SSSR count). The number of anilines is 1. The number of urea groups is 1. The van der Waals surface area contributed by atoms with Gasteiger partial charge in [-0.1, -0.05) is 6.07 Å². The molecule has 6 nitrogen and oxygen atoms in total. The molecule has 1 saturated heterocycles. The van der Waals surface area contributed by atoms with Crippen molar-refractivity contribution in [3.05, 3.63) is 58.9 Å². The lowest BCUT2D eigenvalue weighted by molar-refractivity contribution is -0.133. The van der Waals surface area contributed by atoms with Crippen molar-refractivity contribution in [3.8, 4) is 0 Å². The topological polar surface area (TPSA) is 65.5 Å². The van der Waals surface area contributed by atoms with Crippen LogP contribution < -0.4 is 5.32 Å². The Morgan fingerprint density at radius 1 is 1.30 bits per heavy atom. The summed E-state index contributed by atoms with van der Waals surface area (Å²) >= 11 is 0. The molecule has 1 fully saturated rings. The lowest BCUT2D eigenvalue weighted by atomic mass is 10.0. The lowest BCUT2D eigenvalue weighted by Gasteiger charge is -2.33. The fourth-order valence-corrected chi connectivity index (χ4v) is 4.35. The zero-order valence-corrected chi connectivity index (χ0v) is 14.3. The Balaban J connectivity index is 1.35. The van der Waals surface area contributed by atoms with Gasteiger partial charge in [-0.15, -0.1) is 0 Å². The molecule has 1 aromatic heterocycles. The number of nitrogens with zero attached hydrogens (tertiary/aromatic N) is 3. The Morgan fingerprint density at radius 3 is 3.00 bits per heavy atom. The lowest BCUT2D eigenvalue weighted by Crippen LogP contribution is -2.46. The van der Waals surface area contributed by atoms with Gasteiger partial charge in [-0.05, 0) is 30.2 Å². The molecule has 27 heavy (non-hydrogen) atoms. The highest BCUT2D eigenvalue weighted by atomic mass is 19.2. The van der Waals surface area contributed by atoms with Gasteiger partial charge in [-0.3, -0.25) is 9.78 Å². The summed E-state index contributed by atoms with van der Waals surface area (Å²) in [5, 5.41) is 2.52. The standard InChI is InChI=1S/C19H16F2N4O2/c20-13-3-4-14-12(17(13)21)8-24(19(27)23-14)9-16(26)25-7-10-6-15(25)18-11(10)2-1-5-22-18/h1-5,10,15H,6-9H2,(H,23,27)/t10-,15-/m1/s1. The predicted molar refractivity (Wildman–Crippen MR) is 91.8 cm³/mol. The number of amides is 3. The Hall–Kier alpha value is -3.03. The van der Waals surface area contributed by atoms with Gasteiger partial charge in [0.15, 0.2) is 11.6 Å². The van der Waals surface area contributed by atoms with Crippen molar-refractivity contribution in [2.45, 2.75) is 24.9 Å². The number of carbonyl (C=O) groups is 2. The van der Waals surface area contributed by atoms with Crippen molar-refractivity contribution in [1.82, 2.24) is 14.8 Å². The van der Waals surface area contributed by atoms with Crippen molar-refractivity contribution in [3.63, 3.8) is 0 Å². The van der Waals surface area contributed by atoms with Crippen LogP contribution in [0.1, 0.15) is 35.2 Å². The number of rotatable bonds is 2. The minimum atomic E-state index is -0.997. The van der Waals surface area contributed by atoms with E-state index in [9.17, 15) is 18.4 Å². The van der Waals surface area contributed by atoms with Crippen LogP contribution in [0.15, 0.2) is 30.5 Å². The number of carbonyl (C=O) groups excluding carboxylic acids is 2. The monoisotopic (exact) mass is 370 g/mol. The first-order valence-electron chi connectivity index (χ1n) is 8.80. The van der Waals surface area contributed by atoms with Crippen LogP contribution in [-0.2, 0) is 11.3 Å². The molecule has 1 N–H and O–H groups in total. The highest BCUT2D eigenvalue weighted by Gasteiger charge is 2.45. The smallest absolute Gasteiger partial charge is 0.322 e. The zero-order valence-electron chi connectivity index (χ0n) is 14.3. The molecule has 2 atom stereocenters. The summed E-state index contributed by atoms with van der Waals surface area (Å²) in [5.74, 6) is -1.92.